The zero-order valence-electron chi connectivity index (χ0n) is 30.0. The van der Waals surface area contributed by atoms with Gasteiger partial charge in [-0.15, -0.1) is 0 Å². The van der Waals surface area contributed by atoms with Crippen molar-refractivity contribution < 1.29 is 29.3 Å². The maximum atomic E-state index is 13.3. The van der Waals surface area contributed by atoms with E-state index < -0.39 is 23.3 Å². The van der Waals surface area contributed by atoms with E-state index in [0.29, 0.717) is 36.3 Å². The molecule has 2 aliphatic carbocycles. The van der Waals surface area contributed by atoms with Crippen molar-refractivity contribution in [1.82, 2.24) is 0 Å². The number of benzene rings is 3. The Morgan fingerprint density at radius 1 is 0.725 bits per heavy atom. The molecule has 2 fully saturated rings. The van der Waals surface area contributed by atoms with Crippen LogP contribution in [0, 0.1) is 23.7 Å². The van der Waals surface area contributed by atoms with Crippen LogP contribution in [-0.2, 0) is 9.59 Å². The maximum absolute atomic E-state index is 13.3. The SMILES string of the molecule is CC1CCC(COc2ccc(/C=C/C(=O)CC(c3ccc(N)cc3N)C(O)(O)C(=O)/C=C/c3ccc(OCC4CCC(C)CC4)cc3)cc2)CC1. The highest BCUT2D eigenvalue weighted by Gasteiger charge is 2.43. The van der Waals surface area contributed by atoms with Gasteiger partial charge in [-0.25, -0.2) is 0 Å². The third kappa shape index (κ3) is 11.0. The van der Waals surface area contributed by atoms with E-state index >= 15 is 0 Å². The minimum atomic E-state index is -2.93. The van der Waals surface area contributed by atoms with Gasteiger partial charge in [-0.2, -0.15) is 0 Å². The smallest absolute Gasteiger partial charge is 0.235 e. The molecule has 0 aliphatic heterocycles. The van der Waals surface area contributed by atoms with Crippen LogP contribution in [0.15, 0.2) is 78.9 Å². The highest BCUT2D eigenvalue weighted by atomic mass is 16.5. The Morgan fingerprint density at radius 3 is 1.67 bits per heavy atom. The van der Waals surface area contributed by atoms with Gasteiger partial charge >= 0.3 is 0 Å². The number of nitrogens with two attached hydrogens (primary N) is 2. The fourth-order valence-electron chi connectivity index (χ4n) is 7.07. The second-order valence-corrected chi connectivity index (χ2v) is 14.9. The van der Waals surface area contributed by atoms with Crippen LogP contribution in [0.5, 0.6) is 11.5 Å². The van der Waals surface area contributed by atoms with Crippen molar-refractivity contribution in [2.24, 2.45) is 23.7 Å². The lowest BCUT2D eigenvalue weighted by Gasteiger charge is -2.30. The maximum Gasteiger partial charge on any atom is 0.235 e. The molecule has 8 heteroatoms. The Hall–Kier alpha value is -4.40. The largest absolute Gasteiger partial charge is 0.493 e. The molecule has 0 amide bonds. The standard InChI is InChI=1S/C43H54N2O6/c1-29-3-7-33(8-4-29)27-50-37-19-12-31(13-20-37)11-18-36(46)26-40(39-23-17-35(44)25-41(39)45)43(48,49)42(47)24-16-32-14-21-38(22-15-32)51-28-34-9-5-30(2)6-10-34/h11-25,29-30,33-34,40,48-49H,3-10,26-28,44-45H2,1-2H3/b18-11+,24-16+. The molecule has 3 aromatic carbocycles. The number of aliphatic hydroxyl groups is 2. The minimum absolute atomic E-state index is 0.151. The van der Waals surface area contributed by atoms with E-state index in [2.05, 4.69) is 13.8 Å². The summed E-state index contributed by atoms with van der Waals surface area (Å²) in [6, 6.07) is 19.3. The Kier molecular flexibility index (Phi) is 13.1. The van der Waals surface area contributed by atoms with Gasteiger partial charge in [0.1, 0.15) is 11.5 Å². The van der Waals surface area contributed by atoms with Crippen LogP contribution in [0.25, 0.3) is 12.2 Å². The Labute approximate surface area is 302 Å². The van der Waals surface area contributed by atoms with Crippen molar-refractivity contribution >= 4 is 35.1 Å². The van der Waals surface area contributed by atoms with E-state index in [1.165, 1.54) is 75.7 Å². The summed E-state index contributed by atoms with van der Waals surface area (Å²) in [5.41, 5.74) is 14.3. The van der Waals surface area contributed by atoms with Crippen LogP contribution < -0.4 is 20.9 Å². The molecule has 51 heavy (non-hydrogen) atoms. The van der Waals surface area contributed by atoms with Gasteiger partial charge < -0.3 is 31.2 Å². The van der Waals surface area contributed by atoms with Crippen LogP contribution in [-0.4, -0.2) is 40.8 Å². The molecule has 0 aromatic heterocycles. The topological polar surface area (TPSA) is 145 Å². The zero-order valence-corrected chi connectivity index (χ0v) is 30.0. The molecule has 3 aromatic rings. The fraction of sp³-hybridized carbons (Fsp3) is 0.442. The molecule has 272 valence electrons. The number of ketones is 2. The molecule has 2 aliphatic rings. The van der Waals surface area contributed by atoms with Crippen molar-refractivity contribution in [2.75, 3.05) is 24.7 Å². The second-order valence-electron chi connectivity index (χ2n) is 14.9. The molecular formula is C43H54N2O6. The second kappa shape index (κ2) is 17.7. The predicted octanol–water partition coefficient (Wildman–Crippen LogP) is 7.98. The first-order valence-corrected chi connectivity index (χ1v) is 18.4. The number of anilines is 2. The van der Waals surface area contributed by atoms with E-state index in [0.717, 1.165) is 35.0 Å². The van der Waals surface area contributed by atoms with Gasteiger partial charge in [-0.3, -0.25) is 9.59 Å². The number of ether oxygens (including phenoxy) is 2. The molecule has 6 N–H and O–H groups in total. The Morgan fingerprint density at radius 2 is 1.20 bits per heavy atom. The lowest BCUT2D eigenvalue weighted by atomic mass is 9.82. The average molecular weight is 695 g/mol. The van der Waals surface area contributed by atoms with Gasteiger partial charge in [0.15, 0.2) is 5.78 Å². The fourth-order valence-corrected chi connectivity index (χ4v) is 7.07. The van der Waals surface area contributed by atoms with Gasteiger partial charge in [0.2, 0.25) is 11.6 Å². The summed E-state index contributed by atoms with van der Waals surface area (Å²) in [6.07, 6.45) is 15.0. The minimum Gasteiger partial charge on any atom is -0.493 e. The summed E-state index contributed by atoms with van der Waals surface area (Å²) >= 11 is 0. The summed E-state index contributed by atoms with van der Waals surface area (Å²) in [5.74, 6) is -1.42. The van der Waals surface area contributed by atoms with Gasteiger partial charge in [0.25, 0.3) is 0 Å². The molecule has 0 heterocycles. The first kappa shape index (κ1) is 37.8. The number of carbonyl (C=O) groups is 2. The number of carbonyl (C=O) groups excluding carboxylic acids is 2. The van der Waals surface area contributed by atoms with Crippen molar-refractivity contribution in [3.63, 3.8) is 0 Å². The number of hydrogen-bond donors (Lipinski definition) is 4. The predicted molar refractivity (Wildman–Crippen MR) is 204 cm³/mol. The van der Waals surface area contributed by atoms with Crippen LogP contribution in [0.2, 0.25) is 0 Å². The van der Waals surface area contributed by atoms with Gasteiger partial charge in [-0.05, 0) is 115 Å². The number of nitrogen functional groups attached to an aromatic ring is 2. The summed E-state index contributed by atoms with van der Waals surface area (Å²) in [6.45, 7) is 5.99. The molecule has 1 atom stereocenters. The lowest BCUT2D eigenvalue weighted by molar-refractivity contribution is -0.187. The van der Waals surface area contributed by atoms with Crippen molar-refractivity contribution in [3.8, 4) is 11.5 Å². The monoisotopic (exact) mass is 694 g/mol. The van der Waals surface area contributed by atoms with Gasteiger partial charge in [0, 0.05) is 17.8 Å². The third-order valence-electron chi connectivity index (χ3n) is 10.6. The molecule has 0 saturated heterocycles. The van der Waals surface area contributed by atoms with Crippen LogP contribution in [0.3, 0.4) is 0 Å². The van der Waals surface area contributed by atoms with Gasteiger partial charge in [0.05, 0.1) is 19.1 Å². The summed E-state index contributed by atoms with van der Waals surface area (Å²) in [4.78, 5) is 26.6. The van der Waals surface area contributed by atoms with Crippen molar-refractivity contribution in [3.05, 3.63) is 95.6 Å². The quantitative estimate of drug-likeness (QED) is 0.0712. The molecule has 1 unspecified atom stereocenters. The van der Waals surface area contributed by atoms with E-state index in [1.54, 1.807) is 24.3 Å². The molecule has 2 saturated carbocycles. The molecule has 8 nitrogen and oxygen atoms in total. The first-order valence-electron chi connectivity index (χ1n) is 18.4. The third-order valence-corrected chi connectivity index (χ3v) is 10.6. The van der Waals surface area contributed by atoms with Gasteiger partial charge in [-0.1, -0.05) is 82.0 Å². The van der Waals surface area contributed by atoms with E-state index in [1.807, 2.05) is 36.4 Å². The normalized spacial score (nSPS) is 21.8. The number of rotatable bonds is 15. The summed E-state index contributed by atoms with van der Waals surface area (Å²) < 4.78 is 12.0. The Bertz CT molecular complexity index is 1650. The van der Waals surface area contributed by atoms with Crippen LogP contribution >= 0.6 is 0 Å². The Balaban J connectivity index is 1.20. The molecule has 5 rings (SSSR count). The molecular weight excluding hydrogens is 640 g/mol. The highest BCUT2D eigenvalue weighted by Crippen LogP contribution is 2.36. The van der Waals surface area contributed by atoms with E-state index in [9.17, 15) is 19.8 Å². The number of allylic oxidation sites excluding steroid dienone is 1. The molecule has 0 bridgehead atoms. The highest BCUT2D eigenvalue weighted by molar-refractivity contribution is 6.01. The van der Waals surface area contributed by atoms with Crippen LogP contribution in [0.1, 0.15) is 94.2 Å². The van der Waals surface area contributed by atoms with Crippen molar-refractivity contribution in [2.45, 2.75) is 83.3 Å². The number of hydrogen-bond acceptors (Lipinski definition) is 8. The van der Waals surface area contributed by atoms with E-state index in [4.69, 9.17) is 20.9 Å². The average Bonchev–Trinajstić information content (AvgIpc) is 3.12. The molecule has 0 radical (unpaired) electrons. The summed E-state index contributed by atoms with van der Waals surface area (Å²) in [5, 5.41) is 22.6. The summed E-state index contributed by atoms with van der Waals surface area (Å²) in [7, 11) is 0. The van der Waals surface area contributed by atoms with Crippen molar-refractivity contribution in [1.29, 1.82) is 0 Å². The first-order chi connectivity index (χ1) is 24.5. The zero-order chi connectivity index (χ0) is 36.4. The molecule has 0 spiro atoms. The lowest BCUT2D eigenvalue weighted by Crippen LogP contribution is -2.44. The van der Waals surface area contributed by atoms with E-state index in [-0.39, 0.29) is 17.7 Å². The van der Waals surface area contributed by atoms with Crippen LogP contribution in [0.4, 0.5) is 11.4 Å².